The minimum atomic E-state index is -0.789. The Morgan fingerprint density at radius 1 is 1.44 bits per heavy atom. The molecule has 18 heavy (non-hydrogen) atoms. The first kappa shape index (κ1) is 12.4. The average Bonchev–Trinajstić information content (AvgIpc) is 2.74. The lowest BCUT2D eigenvalue weighted by atomic mass is 10.1. The largest absolute Gasteiger partial charge is 0.481 e. The standard InChI is InChI=1S/C14H16N2O2/c1-11-3-2-4-12(7-11)8-16-9-13(15-10-16)5-6-14(17)18/h2-4,7,9-10H,5-6,8H2,1H3,(H,17,18). The van der Waals surface area contributed by atoms with Crippen molar-refractivity contribution in [3.8, 4) is 0 Å². The molecule has 0 radical (unpaired) electrons. The number of rotatable bonds is 5. The van der Waals surface area contributed by atoms with Gasteiger partial charge in [-0.25, -0.2) is 4.98 Å². The maximum absolute atomic E-state index is 10.5. The summed E-state index contributed by atoms with van der Waals surface area (Å²) in [6.07, 6.45) is 4.27. The van der Waals surface area contributed by atoms with Crippen molar-refractivity contribution in [3.63, 3.8) is 0 Å². The summed E-state index contributed by atoms with van der Waals surface area (Å²) in [6.45, 7) is 2.83. The van der Waals surface area contributed by atoms with Crippen LogP contribution in [0.2, 0.25) is 0 Å². The molecule has 4 nitrogen and oxygen atoms in total. The minimum absolute atomic E-state index is 0.126. The maximum Gasteiger partial charge on any atom is 0.303 e. The molecular formula is C14H16N2O2. The number of imidazole rings is 1. The van der Waals surface area contributed by atoms with Crippen molar-refractivity contribution < 1.29 is 9.90 Å². The molecule has 1 N–H and O–H groups in total. The molecule has 0 amide bonds. The molecule has 1 aromatic carbocycles. The van der Waals surface area contributed by atoms with E-state index in [1.54, 1.807) is 6.33 Å². The summed E-state index contributed by atoms with van der Waals surface area (Å²) < 4.78 is 1.98. The van der Waals surface area contributed by atoms with Crippen LogP contribution in [0.25, 0.3) is 0 Å². The zero-order chi connectivity index (χ0) is 13.0. The molecule has 0 aliphatic rings. The highest BCUT2D eigenvalue weighted by molar-refractivity contribution is 5.66. The Morgan fingerprint density at radius 3 is 3.00 bits per heavy atom. The van der Waals surface area contributed by atoms with Gasteiger partial charge in [0, 0.05) is 19.2 Å². The predicted octanol–water partition coefficient (Wildman–Crippen LogP) is 2.26. The Morgan fingerprint density at radius 2 is 2.28 bits per heavy atom. The van der Waals surface area contributed by atoms with Gasteiger partial charge in [0.1, 0.15) is 0 Å². The molecule has 0 fully saturated rings. The highest BCUT2D eigenvalue weighted by atomic mass is 16.4. The summed E-state index contributed by atoms with van der Waals surface area (Å²) >= 11 is 0. The molecule has 4 heteroatoms. The number of nitrogens with zero attached hydrogens (tertiary/aromatic N) is 2. The first-order chi connectivity index (χ1) is 8.63. The van der Waals surface area contributed by atoms with Crippen molar-refractivity contribution >= 4 is 5.97 Å². The smallest absolute Gasteiger partial charge is 0.303 e. The van der Waals surface area contributed by atoms with E-state index in [-0.39, 0.29) is 6.42 Å². The minimum Gasteiger partial charge on any atom is -0.481 e. The molecule has 0 saturated heterocycles. The van der Waals surface area contributed by atoms with E-state index < -0.39 is 5.97 Å². The molecule has 0 atom stereocenters. The fourth-order valence-electron chi connectivity index (χ4n) is 1.88. The second kappa shape index (κ2) is 5.49. The number of hydrogen-bond donors (Lipinski definition) is 1. The topological polar surface area (TPSA) is 55.1 Å². The molecular weight excluding hydrogens is 228 g/mol. The highest BCUT2D eigenvalue weighted by Crippen LogP contribution is 2.07. The van der Waals surface area contributed by atoms with Crippen molar-refractivity contribution in [1.29, 1.82) is 0 Å². The number of carbonyl (C=O) groups is 1. The Hall–Kier alpha value is -2.10. The summed E-state index contributed by atoms with van der Waals surface area (Å²) in [4.78, 5) is 14.7. The number of benzene rings is 1. The van der Waals surface area contributed by atoms with Crippen molar-refractivity contribution in [2.75, 3.05) is 0 Å². The Labute approximate surface area is 106 Å². The summed E-state index contributed by atoms with van der Waals surface area (Å²) in [5.74, 6) is -0.789. The number of aromatic nitrogens is 2. The van der Waals surface area contributed by atoms with Gasteiger partial charge >= 0.3 is 5.97 Å². The van der Waals surface area contributed by atoms with E-state index in [0.29, 0.717) is 6.42 Å². The van der Waals surface area contributed by atoms with Crippen molar-refractivity contribution in [2.24, 2.45) is 0 Å². The normalized spacial score (nSPS) is 10.5. The van der Waals surface area contributed by atoms with Crippen LogP contribution >= 0.6 is 0 Å². The lowest BCUT2D eigenvalue weighted by Crippen LogP contribution is -1.98. The molecule has 0 aliphatic carbocycles. The molecule has 94 valence electrons. The number of hydrogen-bond acceptors (Lipinski definition) is 2. The van der Waals surface area contributed by atoms with E-state index >= 15 is 0 Å². The lowest BCUT2D eigenvalue weighted by molar-refractivity contribution is -0.136. The van der Waals surface area contributed by atoms with Gasteiger partial charge in [0.25, 0.3) is 0 Å². The second-order valence-electron chi connectivity index (χ2n) is 4.42. The van der Waals surface area contributed by atoms with Gasteiger partial charge in [-0.3, -0.25) is 4.79 Å². The lowest BCUT2D eigenvalue weighted by Gasteiger charge is -2.03. The van der Waals surface area contributed by atoms with Gasteiger partial charge in [0.05, 0.1) is 18.4 Å². The molecule has 0 saturated carbocycles. The van der Waals surface area contributed by atoms with E-state index in [9.17, 15) is 4.79 Å². The SMILES string of the molecule is Cc1cccc(Cn2cnc(CCC(=O)O)c2)c1. The first-order valence-electron chi connectivity index (χ1n) is 5.91. The van der Waals surface area contributed by atoms with Crippen LogP contribution in [0.15, 0.2) is 36.8 Å². The van der Waals surface area contributed by atoms with E-state index in [1.807, 2.05) is 16.8 Å². The number of carboxylic acids is 1. The van der Waals surface area contributed by atoms with Crippen LogP contribution in [0.3, 0.4) is 0 Å². The van der Waals surface area contributed by atoms with Crippen molar-refractivity contribution in [1.82, 2.24) is 9.55 Å². The molecule has 0 unspecified atom stereocenters. The van der Waals surface area contributed by atoms with Gasteiger partial charge in [-0.1, -0.05) is 29.8 Å². The van der Waals surface area contributed by atoms with Crippen LogP contribution < -0.4 is 0 Å². The maximum atomic E-state index is 10.5. The van der Waals surface area contributed by atoms with Crippen molar-refractivity contribution in [3.05, 3.63) is 53.6 Å². The van der Waals surface area contributed by atoms with Crippen LogP contribution in [0.1, 0.15) is 23.2 Å². The van der Waals surface area contributed by atoms with Gasteiger partial charge < -0.3 is 9.67 Å². The van der Waals surface area contributed by atoms with Gasteiger partial charge in [-0.2, -0.15) is 0 Å². The molecule has 2 rings (SSSR count). The zero-order valence-electron chi connectivity index (χ0n) is 10.3. The number of carboxylic acid groups (broad SMARTS) is 1. The van der Waals surface area contributed by atoms with Crippen LogP contribution in [0, 0.1) is 6.92 Å². The van der Waals surface area contributed by atoms with Gasteiger partial charge in [-0.05, 0) is 12.5 Å². The Bertz CT molecular complexity index is 546. The highest BCUT2D eigenvalue weighted by Gasteiger charge is 2.03. The van der Waals surface area contributed by atoms with E-state index in [4.69, 9.17) is 5.11 Å². The van der Waals surface area contributed by atoms with Crippen LogP contribution in [-0.4, -0.2) is 20.6 Å². The summed E-state index contributed by atoms with van der Waals surface area (Å²) in [5.41, 5.74) is 3.28. The molecule has 0 bridgehead atoms. The van der Waals surface area contributed by atoms with E-state index in [1.165, 1.54) is 11.1 Å². The fraction of sp³-hybridized carbons (Fsp3) is 0.286. The summed E-state index contributed by atoms with van der Waals surface area (Å²) in [5, 5.41) is 8.61. The molecule has 1 aromatic heterocycles. The van der Waals surface area contributed by atoms with Gasteiger partial charge in [0.15, 0.2) is 0 Å². The monoisotopic (exact) mass is 244 g/mol. The third kappa shape index (κ3) is 3.45. The fourth-order valence-corrected chi connectivity index (χ4v) is 1.88. The quantitative estimate of drug-likeness (QED) is 0.877. The number of aliphatic carboxylic acids is 1. The van der Waals surface area contributed by atoms with Crippen LogP contribution in [-0.2, 0) is 17.8 Å². The van der Waals surface area contributed by atoms with Gasteiger partial charge in [0.2, 0.25) is 0 Å². The Kier molecular flexibility index (Phi) is 3.77. The molecule has 1 heterocycles. The summed E-state index contributed by atoms with van der Waals surface area (Å²) in [6, 6.07) is 8.31. The van der Waals surface area contributed by atoms with Crippen molar-refractivity contribution in [2.45, 2.75) is 26.3 Å². The third-order valence-electron chi connectivity index (χ3n) is 2.73. The first-order valence-corrected chi connectivity index (χ1v) is 5.91. The zero-order valence-corrected chi connectivity index (χ0v) is 10.3. The van der Waals surface area contributed by atoms with E-state index in [0.717, 1.165) is 12.2 Å². The van der Waals surface area contributed by atoms with E-state index in [2.05, 4.69) is 30.1 Å². The Balaban J connectivity index is 2.00. The number of aryl methyl sites for hydroxylation is 2. The third-order valence-corrected chi connectivity index (χ3v) is 2.73. The second-order valence-corrected chi connectivity index (χ2v) is 4.42. The van der Waals surface area contributed by atoms with Crippen LogP contribution in [0.4, 0.5) is 0 Å². The average molecular weight is 244 g/mol. The molecule has 0 aliphatic heterocycles. The summed E-state index contributed by atoms with van der Waals surface area (Å²) in [7, 11) is 0. The predicted molar refractivity (Wildman–Crippen MR) is 68.5 cm³/mol. The molecule has 2 aromatic rings. The van der Waals surface area contributed by atoms with Gasteiger partial charge in [-0.15, -0.1) is 0 Å². The van der Waals surface area contributed by atoms with Crippen LogP contribution in [0.5, 0.6) is 0 Å². The molecule has 0 spiro atoms.